The van der Waals surface area contributed by atoms with E-state index in [0.717, 1.165) is 17.8 Å². The van der Waals surface area contributed by atoms with Crippen LogP contribution in [0.4, 0.5) is 13.2 Å². The zero-order valence-corrected chi connectivity index (χ0v) is 10.4. The minimum atomic E-state index is -4.48. The SMILES string of the molecule is O=C1OCC[C@H]1Sc1ncc(C(F)(F)F)cc1Cl. The number of alkyl halides is 3. The van der Waals surface area contributed by atoms with Crippen LogP contribution in [0.2, 0.25) is 5.02 Å². The molecule has 3 nitrogen and oxygen atoms in total. The summed E-state index contributed by atoms with van der Waals surface area (Å²) in [6.45, 7) is 0.314. The molecule has 0 bridgehead atoms. The van der Waals surface area contributed by atoms with E-state index in [9.17, 15) is 18.0 Å². The van der Waals surface area contributed by atoms with Gasteiger partial charge >= 0.3 is 12.1 Å². The van der Waals surface area contributed by atoms with E-state index in [0.29, 0.717) is 19.2 Å². The molecule has 0 saturated carbocycles. The van der Waals surface area contributed by atoms with Gasteiger partial charge in [-0.1, -0.05) is 23.4 Å². The van der Waals surface area contributed by atoms with Crippen molar-refractivity contribution in [3.8, 4) is 0 Å². The topological polar surface area (TPSA) is 39.2 Å². The van der Waals surface area contributed by atoms with Gasteiger partial charge in [-0.3, -0.25) is 4.79 Å². The quantitative estimate of drug-likeness (QED) is 0.786. The number of cyclic esters (lactones) is 1. The third kappa shape index (κ3) is 2.89. The van der Waals surface area contributed by atoms with Gasteiger partial charge in [0.05, 0.1) is 17.2 Å². The number of thioether (sulfide) groups is 1. The summed E-state index contributed by atoms with van der Waals surface area (Å²) in [6.07, 6.45) is -3.27. The zero-order valence-electron chi connectivity index (χ0n) is 8.83. The molecule has 0 amide bonds. The first-order valence-corrected chi connectivity index (χ1v) is 6.20. The van der Waals surface area contributed by atoms with Crippen molar-refractivity contribution in [3.63, 3.8) is 0 Å². The van der Waals surface area contributed by atoms with E-state index >= 15 is 0 Å². The molecule has 0 radical (unpaired) electrons. The number of halogens is 4. The van der Waals surface area contributed by atoms with Crippen molar-refractivity contribution in [2.24, 2.45) is 0 Å². The first-order chi connectivity index (χ1) is 8.38. The molecule has 1 aliphatic heterocycles. The molecule has 2 rings (SSSR count). The van der Waals surface area contributed by atoms with Crippen LogP contribution >= 0.6 is 23.4 Å². The molecule has 1 aromatic rings. The number of rotatable bonds is 2. The maximum Gasteiger partial charge on any atom is 0.417 e. The highest BCUT2D eigenvalue weighted by molar-refractivity contribution is 8.00. The van der Waals surface area contributed by atoms with Crippen LogP contribution in [-0.4, -0.2) is 22.8 Å². The summed E-state index contributed by atoms with van der Waals surface area (Å²) < 4.78 is 41.9. The number of nitrogens with zero attached hydrogens (tertiary/aromatic N) is 1. The van der Waals surface area contributed by atoms with E-state index in [1.807, 2.05) is 0 Å². The van der Waals surface area contributed by atoms with E-state index in [1.165, 1.54) is 0 Å². The Labute approximate surface area is 110 Å². The van der Waals surface area contributed by atoms with Crippen LogP contribution in [0.3, 0.4) is 0 Å². The Balaban J connectivity index is 2.17. The van der Waals surface area contributed by atoms with Crippen molar-refractivity contribution in [3.05, 3.63) is 22.8 Å². The number of carbonyl (C=O) groups excluding carboxylic acids is 1. The van der Waals surface area contributed by atoms with Gasteiger partial charge in [0.2, 0.25) is 0 Å². The molecule has 1 saturated heterocycles. The number of hydrogen-bond donors (Lipinski definition) is 0. The molecule has 0 spiro atoms. The molecule has 1 fully saturated rings. The number of carbonyl (C=O) groups is 1. The Morgan fingerprint density at radius 3 is 2.72 bits per heavy atom. The summed E-state index contributed by atoms with van der Waals surface area (Å²) in [5.41, 5.74) is -0.911. The summed E-state index contributed by atoms with van der Waals surface area (Å²) in [6, 6.07) is 0.803. The third-order valence-electron chi connectivity index (χ3n) is 2.28. The van der Waals surface area contributed by atoms with E-state index in [-0.39, 0.29) is 10.0 Å². The van der Waals surface area contributed by atoms with Crippen LogP contribution in [0.1, 0.15) is 12.0 Å². The van der Waals surface area contributed by atoms with E-state index in [2.05, 4.69) is 4.98 Å². The van der Waals surface area contributed by atoms with E-state index in [1.54, 1.807) is 0 Å². The lowest BCUT2D eigenvalue weighted by Gasteiger charge is -2.10. The van der Waals surface area contributed by atoms with Crippen LogP contribution in [0, 0.1) is 0 Å². The van der Waals surface area contributed by atoms with E-state index < -0.39 is 23.0 Å². The lowest BCUT2D eigenvalue weighted by atomic mass is 10.3. The highest BCUT2D eigenvalue weighted by Crippen LogP contribution is 2.36. The van der Waals surface area contributed by atoms with Crippen LogP contribution in [0.5, 0.6) is 0 Å². The third-order valence-corrected chi connectivity index (χ3v) is 3.94. The van der Waals surface area contributed by atoms with Crippen molar-refractivity contribution >= 4 is 29.3 Å². The average molecular weight is 298 g/mol. The lowest BCUT2D eigenvalue weighted by Crippen LogP contribution is -2.10. The van der Waals surface area contributed by atoms with Crippen LogP contribution in [0.25, 0.3) is 0 Å². The average Bonchev–Trinajstić information content (AvgIpc) is 2.66. The van der Waals surface area contributed by atoms with Crippen molar-refractivity contribution in [1.29, 1.82) is 0 Å². The Morgan fingerprint density at radius 1 is 1.50 bits per heavy atom. The second-order valence-electron chi connectivity index (χ2n) is 3.57. The summed E-state index contributed by atoms with van der Waals surface area (Å²) in [4.78, 5) is 14.9. The highest BCUT2D eigenvalue weighted by Gasteiger charge is 2.33. The standard InChI is InChI=1S/C10H7ClF3NO2S/c11-6-3-5(10(12,13)14)4-15-8(6)18-7-1-2-17-9(7)16/h3-4,7H,1-2H2/t7-/m1/s1. The van der Waals surface area contributed by atoms with Crippen LogP contribution < -0.4 is 0 Å². The predicted molar refractivity (Wildman–Crippen MR) is 59.5 cm³/mol. The maximum atomic E-state index is 12.4. The van der Waals surface area contributed by atoms with Gasteiger partial charge < -0.3 is 4.74 Å². The Morgan fingerprint density at radius 2 is 2.22 bits per heavy atom. The van der Waals surface area contributed by atoms with Crippen molar-refractivity contribution in [2.75, 3.05) is 6.61 Å². The lowest BCUT2D eigenvalue weighted by molar-refractivity contribution is -0.138. The second kappa shape index (κ2) is 4.97. The van der Waals surface area contributed by atoms with Gasteiger partial charge in [0, 0.05) is 12.6 Å². The molecule has 2 heterocycles. The molecule has 18 heavy (non-hydrogen) atoms. The van der Waals surface area contributed by atoms with Gasteiger partial charge in [-0.05, 0) is 6.07 Å². The summed E-state index contributed by atoms with van der Waals surface area (Å²) in [5.74, 6) is -0.391. The summed E-state index contributed by atoms with van der Waals surface area (Å²) >= 11 is 6.75. The van der Waals surface area contributed by atoms with Gasteiger partial charge in [0.15, 0.2) is 0 Å². The first-order valence-electron chi connectivity index (χ1n) is 4.94. The van der Waals surface area contributed by atoms with Gasteiger partial charge in [0.1, 0.15) is 10.3 Å². The zero-order chi connectivity index (χ0) is 13.3. The molecule has 98 valence electrons. The fourth-order valence-corrected chi connectivity index (χ4v) is 2.62. The molecule has 0 aliphatic carbocycles. The van der Waals surface area contributed by atoms with Gasteiger partial charge in [-0.2, -0.15) is 13.2 Å². The molecule has 0 unspecified atom stereocenters. The van der Waals surface area contributed by atoms with E-state index in [4.69, 9.17) is 16.3 Å². The van der Waals surface area contributed by atoms with Gasteiger partial charge in [-0.25, -0.2) is 4.98 Å². The first kappa shape index (κ1) is 13.5. The molecule has 8 heteroatoms. The molecular weight excluding hydrogens is 291 g/mol. The second-order valence-corrected chi connectivity index (χ2v) is 5.17. The van der Waals surface area contributed by atoms with Crippen LogP contribution in [0.15, 0.2) is 17.3 Å². The van der Waals surface area contributed by atoms with Crippen molar-refractivity contribution in [2.45, 2.75) is 22.9 Å². The highest BCUT2D eigenvalue weighted by atomic mass is 35.5. The summed E-state index contributed by atoms with van der Waals surface area (Å²) in [5, 5.41) is -0.366. The monoisotopic (exact) mass is 297 g/mol. The fourth-order valence-electron chi connectivity index (χ4n) is 1.39. The Kier molecular flexibility index (Phi) is 3.72. The molecular formula is C10H7ClF3NO2S. The van der Waals surface area contributed by atoms with Gasteiger partial charge in [0.25, 0.3) is 0 Å². The molecule has 1 atom stereocenters. The molecule has 0 N–H and O–H groups in total. The van der Waals surface area contributed by atoms with Crippen LogP contribution in [-0.2, 0) is 15.7 Å². The number of esters is 1. The fraction of sp³-hybridized carbons (Fsp3) is 0.400. The minimum Gasteiger partial charge on any atom is -0.465 e. The maximum absolute atomic E-state index is 12.4. The number of aromatic nitrogens is 1. The Hall–Kier alpha value is -0.950. The molecule has 1 aliphatic rings. The van der Waals surface area contributed by atoms with Crippen molar-refractivity contribution < 1.29 is 22.7 Å². The molecule has 1 aromatic heterocycles. The smallest absolute Gasteiger partial charge is 0.417 e. The van der Waals surface area contributed by atoms with Gasteiger partial charge in [-0.15, -0.1) is 0 Å². The predicted octanol–water partition coefficient (Wildman–Crippen LogP) is 3.16. The largest absolute Gasteiger partial charge is 0.465 e. The molecule has 0 aromatic carbocycles. The number of ether oxygens (including phenoxy) is 1. The summed E-state index contributed by atoms with van der Waals surface area (Å²) in [7, 11) is 0. The Bertz CT molecular complexity index is 481. The normalized spacial score (nSPS) is 20.0. The van der Waals surface area contributed by atoms with Crippen molar-refractivity contribution in [1.82, 2.24) is 4.98 Å². The minimum absolute atomic E-state index is 0.116. The number of hydrogen-bond acceptors (Lipinski definition) is 4. The number of pyridine rings is 1.